The first-order chi connectivity index (χ1) is 10.1. The number of carbonyl (C=O) groups excluding carboxylic acids is 1. The van der Waals surface area contributed by atoms with E-state index < -0.39 is 0 Å². The van der Waals surface area contributed by atoms with E-state index in [1.165, 1.54) is 5.56 Å². The number of halogens is 1. The lowest BCUT2D eigenvalue weighted by molar-refractivity contribution is 0.0733. The Balaban J connectivity index is 2.10. The number of aryl methyl sites for hydroxylation is 1. The number of carbonyl (C=O) groups is 1. The molecule has 21 heavy (non-hydrogen) atoms. The summed E-state index contributed by atoms with van der Waals surface area (Å²) in [4.78, 5) is 12.1. The second-order valence-electron chi connectivity index (χ2n) is 4.47. The molecule has 0 heterocycles. The summed E-state index contributed by atoms with van der Waals surface area (Å²) < 4.78 is 11.5. The first kappa shape index (κ1) is 15.6. The summed E-state index contributed by atoms with van der Waals surface area (Å²) in [5.41, 5.74) is 1.67. The molecule has 0 saturated carbocycles. The maximum Gasteiger partial charge on any atom is 0.343 e. The Kier molecular flexibility index (Phi) is 5.39. The van der Waals surface area contributed by atoms with Gasteiger partial charge in [-0.05, 0) is 71.2 Å². The van der Waals surface area contributed by atoms with Gasteiger partial charge >= 0.3 is 5.97 Å². The lowest BCUT2D eigenvalue weighted by Gasteiger charge is -2.08. The zero-order valence-electron chi connectivity index (χ0n) is 12.1. The smallest absolute Gasteiger partial charge is 0.343 e. The van der Waals surface area contributed by atoms with Crippen molar-refractivity contribution in [1.29, 1.82) is 0 Å². The van der Waals surface area contributed by atoms with Crippen LogP contribution in [0.1, 0.15) is 29.8 Å². The summed E-state index contributed by atoms with van der Waals surface area (Å²) in [5.74, 6) is 0.872. The van der Waals surface area contributed by atoms with E-state index in [1.54, 1.807) is 30.3 Å². The van der Waals surface area contributed by atoms with E-state index in [9.17, 15) is 4.79 Å². The van der Waals surface area contributed by atoms with Gasteiger partial charge in [-0.1, -0.05) is 13.0 Å². The minimum Gasteiger partial charge on any atom is -0.494 e. The van der Waals surface area contributed by atoms with Crippen LogP contribution in [0.2, 0.25) is 0 Å². The maximum atomic E-state index is 12.1. The quantitative estimate of drug-likeness (QED) is 0.583. The van der Waals surface area contributed by atoms with Crippen molar-refractivity contribution in [3.05, 3.63) is 58.1 Å². The minimum atomic E-state index is -0.386. The molecule has 0 N–H and O–H groups in total. The van der Waals surface area contributed by atoms with E-state index in [0.717, 1.165) is 16.6 Å². The van der Waals surface area contributed by atoms with Crippen molar-refractivity contribution in [1.82, 2.24) is 0 Å². The highest BCUT2D eigenvalue weighted by Gasteiger charge is 2.11. The van der Waals surface area contributed by atoms with Crippen LogP contribution in [-0.2, 0) is 6.42 Å². The molecule has 0 saturated heterocycles. The van der Waals surface area contributed by atoms with Crippen LogP contribution in [0.25, 0.3) is 0 Å². The van der Waals surface area contributed by atoms with Gasteiger partial charge in [0.1, 0.15) is 11.5 Å². The predicted octanol–water partition coefficient (Wildman–Crippen LogP) is 4.63. The first-order valence-electron chi connectivity index (χ1n) is 6.87. The Morgan fingerprint density at radius 1 is 1.10 bits per heavy atom. The fourth-order valence-corrected chi connectivity index (χ4v) is 2.37. The third-order valence-corrected chi connectivity index (χ3v) is 3.63. The molecule has 0 aliphatic rings. The summed E-state index contributed by atoms with van der Waals surface area (Å²) in [7, 11) is 0. The molecule has 0 aliphatic heterocycles. The van der Waals surface area contributed by atoms with E-state index in [-0.39, 0.29) is 5.97 Å². The van der Waals surface area contributed by atoms with Crippen LogP contribution in [0.15, 0.2) is 46.9 Å². The van der Waals surface area contributed by atoms with Gasteiger partial charge in [0.05, 0.1) is 16.6 Å². The highest BCUT2D eigenvalue weighted by molar-refractivity contribution is 9.10. The molecular formula is C17H17BrO3. The standard InChI is InChI=1S/C17H17BrO3/c1-3-12-5-10-16(15(18)11-12)21-17(19)13-6-8-14(9-7-13)20-4-2/h5-11H,3-4H2,1-2H3. The summed E-state index contributed by atoms with van der Waals surface area (Å²) in [6.07, 6.45) is 0.936. The number of esters is 1. The van der Waals surface area contributed by atoms with Crippen LogP contribution >= 0.6 is 15.9 Å². The summed E-state index contributed by atoms with van der Waals surface area (Å²) >= 11 is 3.42. The number of hydrogen-bond acceptors (Lipinski definition) is 3. The van der Waals surface area contributed by atoms with Gasteiger partial charge in [0.15, 0.2) is 0 Å². The molecule has 0 aromatic heterocycles. The van der Waals surface area contributed by atoms with Crippen LogP contribution in [0.3, 0.4) is 0 Å². The Morgan fingerprint density at radius 2 is 1.81 bits per heavy atom. The van der Waals surface area contributed by atoms with Gasteiger partial charge in [-0.3, -0.25) is 0 Å². The fourth-order valence-electron chi connectivity index (χ4n) is 1.86. The first-order valence-corrected chi connectivity index (χ1v) is 7.66. The van der Waals surface area contributed by atoms with Gasteiger partial charge < -0.3 is 9.47 Å². The Morgan fingerprint density at radius 3 is 2.38 bits per heavy atom. The zero-order valence-corrected chi connectivity index (χ0v) is 13.6. The van der Waals surface area contributed by atoms with Gasteiger partial charge in [0.2, 0.25) is 0 Å². The molecule has 0 unspecified atom stereocenters. The van der Waals surface area contributed by atoms with Crippen LogP contribution < -0.4 is 9.47 Å². The number of ether oxygens (including phenoxy) is 2. The van der Waals surface area contributed by atoms with Crippen molar-refractivity contribution in [2.45, 2.75) is 20.3 Å². The second kappa shape index (κ2) is 7.27. The average molecular weight is 349 g/mol. The third-order valence-electron chi connectivity index (χ3n) is 3.01. The molecular weight excluding hydrogens is 332 g/mol. The molecule has 2 rings (SSSR count). The average Bonchev–Trinajstić information content (AvgIpc) is 2.50. The van der Waals surface area contributed by atoms with E-state index in [1.807, 2.05) is 19.1 Å². The Bertz CT molecular complexity index is 620. The molecule has 0 bridgehead atoms. The molecule has 2 aromatic rings. The number of rotatable bonds is 5. The van der Waals surface area contributed by atoms with Gasteiger partial charge in [-0.15, -0.1) is 0 Å². The summed E-state index contributed by atoms with van der Waals surface area (Å²) in [5, 5.41) is 0. The molecule has 0 fully saturated rings. The van der Waals surface area contributed by atoms with Crippen LogP contribution in [0.5, 0.6) is 11.5 Å². The molecule has 110 valence electrons. The normalized spacial score (nSPS) is 10.2. The molecule has 4 heteroatoms. The lowest BCUT2D eigenvalue weighted by atomic mass is 10.2. The van der Waals surface area contributed by atoms with Gasteiger partial charge in [0.25, 0.3) is 0 Å². The maximum absolute atomic E-state index is 12.1. The van der Waals surface area contributed by atoms with Gasteiger partial charge in [-0.25, -0.2) is 4.79 Å². The highest BCUT2D eigenvalue weighted by Crippen LogP contribution is 2.27. The molecule has 0 amide bonds. The predicted molar refractivity (Wildman–Crippen MR) is 86.1 cm³/mol. The summed E-state index contributed by atoms with van der Waals surface area (Å²) in [6, 6.07) is 12.6. The number of benzene rings is 2. The van der Waals surface area contributed by atoms with E-state index in [0.29, 0.717) is 17.9 Å². The molecule has 3 nitrogen and oxygen atoms in total. The minimum absolute atomic E-state index is 0.386. The molecule has 0 atom stereocenters. The van der Waals surface area contributed by atoms with Crippen LogP contribution in [-0.4, -0.2) is 12.6 Å². The lowest BCUT2D eigenvalue weighted by Crippen LogP contribution is -2.08. The molecule has 2 aromatic carbocycles. The number of hydrogen-bond donors (Lipinski definition) is 0. The zero-order chi connectivity index (χ0) is 15.2. The third kappa shape index (κ3) is 4.08. The van der Waals surface area contributed by atoms with Gasteiger partial charge in [0, 0.05) is 0 Å². The molecule has 0 aliphatic carbocycles. The van der Waals surface area contributed by atoms with Crippen LogP contribution in [0.4, 0.5) is 0 Å². The van der Waals surface area contributed by atoms with Gasteiger partial charge in [-0.2, -0.15) is 0 Å². The van der Waals surface area contributed by atoms with E-state index in [4.69, 9.17) is 9.47 Å². The topological polar surface area (TPSA) is 35.5 Å². The SMILES string of the molecule is CCOc1ccc(C(=O)Oc2ccc(CC)cc2Br)cc1. The van der Waals surface area contributed by atoms with Crippen molar-refractivity contribution in [2.75, 3.05) is 6.61 Å². The van der Waals surface area contributed by atoms with Crippen molar-refractivity contribution in [3.63, 3.8) is 0 Å². The van der Waals surface area contributed by atoms with E-state index >= 15 is 0 Å². The van der Waals surface area contributed by atoms with Crippen LogP contribution in [0, 0.1) is 0 Å². The largest absolute Gasteiger partial charge is 0.494 e. The highest BCUT2D eigenvalue weighted by atomic mass is 79.9. The Labute approximate surface area is 133 Å². The summed E-state index contributed by atoms with van der Waals surface area (Å²) in [6.45, 7) is 4.59. The Hall–Kier alpha value is -1.81. The van der Waals surface area contributed by atoms with Crippen molar-refractivity contribution >= 4 is 21.9 Å². The van der Waals surface area contributed by atoms with Crippen molar-refractivity contribution in [3.8, 4) is 11.5 Å². The van der Waals surface area contributed by atoms with Crippen molar-refractivity contribution < 1.29 is 14.3 Å². The van der Waals surface area contributed by atoms with E-state index in [2.05, 4.69) is 22.9 Å². The molecule has 0 radical (unpaired) electrons. The van der Waals surface area contributed by atoms with Crippen molar-refractivity contribution in [2.24, 2.45) is 0 Å². The fraction of sp³-hybridized carbons (Fsp3) is 0.235. The second-order valence-corrected chi connectivity index (χ2v) is 5.32. The molecule has 0 spiro atoms. The monoisotopic (exact) mass is 348 g/mol.